The van der Waals surface area contributed by atoms with E-state index >= 15 is 0 Å². The number of piperazine rings is 1. The molecule has 0 atom stereocenters. The van der Waals surface area contributed by atoms with E-state index in [1.54, 1.807) is 27.6 Å². The quantitative estimate of drug-likeness (QED) is 0.626. The molecule has 0 radical (unpaired) electrons. The van der Waals surface area contributed by atoms with Crippen LogP contribution in [0.3, 0.4) is 0 Å². The van der Waals surface area contributed by atoms with Crippen molar-refractivity contribution in [3.8, 4) is 0 Å². The van der Waals surface area contributed by atoms with E-state index in [-0.39, 0.29) is 11.1 Å². The molecule has 0 amide bonds. The van der Waals surface area contributed by atoms with E-state index in [1.807, 2.05) is 30.5 Å². The van der Waals surface area contributed by atoms with E-state index in [9.17, 15) is 9.59 Å². The van der Waals surface area contributed by atoms with Crippen molar-refractivity contribution in [2.24, 2.45) is 5.92 Å². The van der Waals surface area contributed by atoms with Gasteiger partial charge in [0.15, 0.2) is 0 Å². The molecule has 1 aliphatic carbocycles. The maximum absolute atomic E-state index is 12.7. The monoisotopic (exact) mass is 405 g/mol. The Bertz CT molecular complexity index is 1160. The fraction of sp³-hybridized carbons (Fsp3) is 0.435. The highest BCUT2D eigenvalue weighted by Gasteiger charge is 2.23. The molecule has 2 aromatic heterocycles. The Morgan fingerprint density at radius 1 is 0.933 bits per heavy atom. The number of hydrogen-bond acceptors (Lipinski definition) is 5. The molecule has 5 rings (SSSR count). The molecule has 0 spiro atoms. The summed E-state index contributed by atoms with van der Waals surface area (Å²) in [5, 5.41) is 0.703. The number of aromatic nitrogens is 3. The van der Waals surface area contributed by atoms with E-state index < -0.39 is 0 Å². The number of fused-ring (bicyclic) bond motifs is 1. The molecule has 0 N–H and O–H groups in total. The molecule has 30 heavy (non-hydrogen) atoms. The van der Waals surface area contributed by atoms with Crippen molar-refractivity contribution in [1.82, 2.24) is 19.0 Å². The second kappa shape index (κ2) is 8.07. The summed E-state index contributed by atoms with van der Waals surface area (Å²) >= 11 is 0. The van der Waals surface area contributed by atoms with Crippen molar-refractivity contribution in [3.63, 3.8) is 0 Å². The van der Waals surface area contributed by atoms with Crippen molar-refractivity contribution in [1.29, 1.82) is 0 Å². The first-order valence-corrected chi connectivity index (χ1v) is 10.8. The van der Waals surface area contributed by atoms with Crippen LogP contribution in [0.2, 0.25) is 0 Å². The average molecular weight is 406 g/mol. The highest BCUT2D eigenvalue weighted by Crippen LogP contribution is 2.30. The highest BCUT2D eigenvalue weighted by atomic mass is 16.1. The van der Waals surface area contributed by atoms with Gasteiger partial charge in [0.1, 0.15) is 0 Å². The lowest BCUT2D eigenvalue weighted by Crippen LogP contribution is -2.47. The van der Waals surface area contributed by atoms with Crippen molar-refractivity contribution < 1.29 is 0 Å². The van der Waals surface area contributed by atoms with Crippen LogP contribution < -0.4 is 16.0 Å². The molecule has 0 unspecified atom stereocenters. The molecule has 3 heterocycles. The molecule has 156 valence electrons. The summed E-state index contributed by atoms with van der Waals surface area (Å²) in [6.45, 7) is 6.14. The molecule has 1 saturated carbocycles. The van der Waals surface area contributed by atoms with Crippen LogP contribution in [-0.4, -0.2) is 51.7 Å². The third kappa shape index (κ3) is 4.03. The lowest BCUT2D eigenvalue weighted by Gasteiger charge is -2.36. The zero-order chi connectivity index (χ0) is 20.5. The number of anilines is 1. The normalized spacial score (nSPS) is 17.5. The number of pyridine rings is 1. The topological polar surface area (TPSA) is 63.4 Å². The SMILES string of the molecule is O=c1ccccn1CCN1CCN(c2ccc3c(=O)n(CC4CC4)cnc3c2)CC1. The van der Waals surface area contributed by atoms with E-state index in [4.69, 9.17) is 0 Å². The summed E-state index contributed by atoms with van der Waals surface area (Å²) in [6, 6.07) is 11.3. The van der Waals surface area contributed by atoms with Gasteiger partial charge in [-0.05, 0) is 43.0 Å². The second-order valence-corrected chi connectivity index (χ2v) is 8.41. The molecule has 7 nitrogen and oxygen atoms in total. The van der Waals surface area contributed by atoms with Gasteiger partial charge in [-0.25, -0.2) is 4.98 Å². The minimum Gasteiger partial charge on any atom is -0.369 e. The molecule has 1 aliphatic heterocycles. The van der Waals surface area contributed by atoms with Crippen molar-refractivity contribution in [2.45, 2.75) is 25.9 Å². The predicted octanol–water partition coefficient (Wildman–Crippen LogP) is 1.79. The van der Waals surface area contributed by atoms with Gasteiger partial charge >= 0.3 is 0 Å². The number of benzene rings is 1. The molecular weight excluding hydrogens is 378 g/mol. The largest absolute Gasteiger partial charge is 0.369 e. The smallest absolute Gasteiger partial charge is 0.261 e. The van der Waals surface area contributed by atoms with Gasteiger partial charge in [0.05, 0.1) is 17.2 Å². The van der Waals surface area contributed by atoms with Crippen LogP contribution in [-0.2, 0) is 13.1 Å². The van der Waals surface area contributed by atoms with Gasteiger partial charge in [0.25, 0.3) is 11.1 Å². The number of nitrogens with zero attached hydrogens (tertiary/aromatic N) is 5. The molecule has 0 bridgehead atoms. The van der Waals surface area contributed by atoms with Crippen molar-refractivity contribution >= 4 is 16.6 Å². The van der Waals surface area contributed by atoms with Gasteiger partial charge in [-0.2, -0.15) is 0 Å². The zero-order valence-electron chi connectivity index (χ0n) is 17.1. The van der Waals surface area contributed by atoms with Gasteiger partial charge < -0.3 is 9.47 Å². The molecule has 2 fully saturated rings. The maximum atomic E-state index is 12.7. The van der Waals surface area contributed by atoms with Crippen LogP contribution in [0.15, 0.2) is 58.5 Å². The lowest BCUT2D eigenvalue weighted by atomic mass is 10.2. The molecule has 3 aromatic rings. The average Bonchev–Trinajstić information content (AvgIpc) is 3.59. The molecule has 2 aliphatic rings. The van der Waals surface area contributed by atoms with E-state index in [0.717, 1.165) is 50.5 Å². The van der Waals surface area contributed by atoms with Crippen LogP contribution in [0.5, 0.6) is 0 Å². The summed E-state index contributed by atoms with van der Waals surface area (Å²) in [7, 11) is 0. The fourth-order valence-electron chi connectivity index (χ4n) is 4.18. The Balaban J connectivity index is 1.23. The minimum absolute atomic E-state index is 0.0518. The Morgan fingerprint density at radius 2 is 1.77 bits per heavy atom. The summed E-state index contributed by atoms with van der Waals surface area (Å²) in [5.74, 6) is 0.651. The lowest BCUT2D eigenvalue weighted by molar-refractivity contribution is 0.247. The third-order valence-electron chi connectivity index (χ3n) is 6.25. The van der Waals surface area contributed by atoms with Crippen LogP contribution in [0.4, 0.5) is 5.69 Å². The summed E-state index contributed by atoms with van der Waals surface area (Å²) in [4.78, 5) is 33.9. The van der Waals surface area contributed by atoms with E-state index in [2.05, 4.69) is 14.8 Å². The van der Waals surface area contributed by atoms with Gasteiger partial charge in [-0.15, -0.1) is 0 Å². The van der Waals surface area contributed by atoms with Gasteiger partial charge in [0.2, 0.25) is 0 Å². The Labute approximate surface area is 175 Å². The highest BCUT2D eigenvalue weighted by molar-refractivity contribution is 5.81. The maximum Gasteiger partial charge on any atom is 0.261 e. The van der Waals surface area contributed by atoms with Crippen LogP contribution >= 0.6 is 0 Å². The number of rotatable bonds is 6. The summed E-state index contributed by atoms with van der Waals surface area (Å²) < 4.78 is 3.52. The van der Waals surface area contributed by atoms with Crippen LogP contribution in [0.25, 0.3) is 10.9 Å². The van der Waals surface area contributed by atoms with Crippen LogP contribution in [0.1, 0.15) is 12.8 Å². The van der Waals surface area contributed by atoms with E-state index in [1.165, 1.54) is 12.8 Å². The Morgan fingerprint density at radius 3 is 2.53 bits per heavy atom. The van der Waals surface area contributed by atoms with Crippen LogP contribution in [0, 0.1) is 5.92 Å². The standard InChI is InChI=1S/C23H27N5O2/c29-22-3-1-2-8-27(22)14-11-25-9-12-26(13-10-25)19-6-7-20-21(15-19)24-17-28(23(20)30)16-18-4-5-18/h1-3,6-8,15,17-18H,4-5,9-14,16H2. The first-order valence-electron chi connectivity index (χ1n) is 10.8. The molecule has 1 aromatic carbocycles. The summed E-state index contributed by atoms with van der Waals surface area (Å²) in [6.07, 6.45) is 5.99. The van der Waals surface area contributed by atoms with Crippen molar-refractivity contribution in [3.05, 3.63) is 69.6 Å². The zero-order valence-corrected chi connectivity index (χ0v) is 17.1. The second-order valence-electron chi connectivity index (χ2n) is 8.41. The number of hydrogen-bond donors (Lipinski definition) is 0. The minimum atomic E-state index is 0.0518. The van der Waals surface area contributed by atoms with Crippen molar-refractivity contribution in [2.75, 3.05) is 37.6 Å². The summed E-state index contributed by atoms with van der Waals surface area (Å²) in [5.41, 5.74) is 2.01. The van der Waals surface area contributed by atoms with Gasteiger partial charge in [-0.3, -0.25) is 19.1 Å². The first kappa shape index (κ1) is 19.1. The van der Waals surface area contributed by atoms with Gasteiger partial charge in [-0.1, -0.05) is 6.07 Å². The Kier molecular flexibility index (Phi) is 5.12. The predicted molar refractivity (Wildman–Crippen MR) is 118 cm³/mol. The molecule has 1 saturated heterocycles. The molecule has 7 heteroatoms. The van der Waals surface area contributed by atoms with E-state index in [0.29, 0.717) is 17.8 Å². The Hall–Kier alpha value is -2.93. The van der Waals surface area contributed by atoms with Gasteiger partial charge in [0, 0.05) is 63.8 Å². The third-order valence-corrected chi connectivity index (χ3v) is 6.25. The first-order chi connectivity index (χ1) is 14.7. The fourth-order valence-corrected chi connectivity index (χ4v) is 4.18. The molecular formula is C23H27N5O2.